The standard InChI is InChI=1S/2C9H17NO5.C8H11NO3.Ca.ClH/c2*1-9(2,5-11)7(14)8(15)10-4-3-6(12)13;1-5-8(12)7(4-11)6(3-10)2-9-5;;/h2*7,11,14H,3-5H2,1-2H3,(H,10,15)(H,12,13);2,10-12H,3-4H2,1H3;;1H/q;;;+2;/p-2/t2*7-;;;/m00.../s1. The molecule has 0 fully saturated rings. The minimum atomic E-state index is -1.37. The third kappa shape index (κ3) is 18.8. The number of aromatic hydroxyl groups is 1. The van der Waals surface area contributed by atoms with Gasteiger partial charge in [0.2, 0.25) is 11.8 Å². The molecule has 2 amide bonds. The topological polar surface area (TPSA) is 293 Å². The first-order chi connectivity index (χ1) is 19.3. The van der Waals surface area contributed by atoms with Crippen molar-refractivity contribution in [2.75, 3.05) is 26.3 Å². The zero-order valence-electron chi connectivity index (χ0n) is 25.5. The number of carboxylic acids is 2. The van der Waals surface area contributed by atoms with E-state index < -0.39 is 46.8 Å². The molecule has 9 N–H and O–H groups in total. The van der Waals surface area contributed by atoms with Crippen LogP contribution in [0.4, 0.5) is 0 Å². The summed E-state index contributed by atoms with van der Waals surface area (Å²) < 4.78 is 0. The maximum atomic E-state index is 11.2. The Hall–Kier alpha value is -1.86. The summed E-state index contributed by atoms with van der Waals surface area (Å²) in [6.07, 6.45) is -1.91. The molecule has 1 rings (SSSR count). The number of nitrogens with zero attached hydrogens (tertiary/aromatic N) is 1. The van der Waals surface area contributed by atoms with E-state index in [1.165, 1.54) is 33.9 Å². The van der Waals surface area contributed by atoms with Gasteiger partial charge in [-0.3, -0.25) is 14.6 Å². The van der Waals surface area contributed by atoms with Gasteiger partial charge >= 0.3 is 37.7 Å². The van der Waals surface area contributed by atoms with Gasteiger partial charge < -0.3 is 66.2 Å². The second-order valence-electron chi connectivity index (χ2n) is 10.4. The Morgan fingerprint density at radius 1 is 0.818 bits per heavy atom. The van der Waals surface area contributed by atoms with E-state index >= 15 is 0 Å². The molecular weight excluding hydrogens is 638 g/mol. The Balaban J connectivity index is -0.000000268. The Bertz CT molecular complexity index is 979. The quantitative estimate of drug-likeness (QED) is 0.0835. The number of carbonyl (C=O) groups is 4. The van der Waals surface area contributed by atoms with E-state index in [4.69, 9.17) is 20.4 Å². The number of aliphatic hydroxyl groups is 6. The van der Waals surface area contributed by atoms with Crippen molar-refractivity contribution in [2.24, 2.45) is 10.8 Å². The van der Waals surface area contributed by atoms with Crippen LogP contribution in [0, 0.1) is 17.8 Å². The average Bonchev–Trinajstić information content (AvgIpc) is 2.93. The van der Waals surface area contributed by atoms with E-state index in [9.17, 15) is 44.7 Å². The number of nitrogens with one attached hydrogen (secondary N) is 2. The summed E-state index contributed by atoms with van der Waals surface area (Å²) in [4.78, 5) is 46.4. The molecule has 1 heterocycles. The maximum Gasteiger partial charge on any atom is 2.00 e. The number of rotatable bonds is 14. The molecule has 0 aliphatic heterocycles. The van der Waals surface area contributed by atoms with Crippen molar-refractivity contribution in [3.8, 4) is 5.75 Å². The smallest absolute Gasteiger partial charge is 0.550 e. The molecule has 250 valence electrons. The molecule has 1 aromatic rings. The van der Waals surface area contributed by atoms with Gasteiger partial charge in [-0.1, -0.05) is 27.7 Å². The molecule has 0 aliphatic carbocycles. The summed E-state index contributed by atoms with van der Waals surface area (Å²) in [5.41, 5.74) is -0.640. The second-order valence-corrected chi connectivity index (χ2v) is 10.4. The van der Waals surface area contributed by atoms with Crippen LogP contribution in [0.15, 0.2) is 6.20 Å². The van der Waals surface area contributed by atoms with Gasteiger partial charge in [-0.15, -0.1) is 12.4 Å². The third-order valence-electron chi connectivity index (χ3n) is 5.81. The fourth-order valence-electron chi connectivity index (χ4n) is 2.65. The van der Waals surface area contributed by atoms with Crippen molar-refractivity contribution in [1.82, 2.24) is 15.6 Å². The van der Waals surface area contributed by atoms with Gasteiger partial charge in [0.15, 0.2) is 0 Å². The molecule has 0 radical (unpaired) electrons. The summed E-state index contributed by atoms with van der Waals surface area (Å²) in [6.45, 7) is 6.33. The fraction of sp³-hybridized carbons (Fsp3) is 0.654. The van der Waals surface area contributed by atoms with Crippen molar-refractivity contribution in [2.45, 2.75) is 72.9 Å². The maximum absolute atomic E-state index is 11.2. The van der Waals surface area contributed by atoms with Gasteiger partial charge in [-0.2, -0.15) is 0 Å². The molecule has 2 atom stereocenters. The van der Waals surface area contributed by atoms with Crippen LogP contribution < -0.4 is 20.8 Å². The molecule has 0 unspecified atom stereocenters. The van der Waals surface area contributed by atoms with Gasteiger partial charge in [0.05, 0.1) is 32.1 Å². The predicted molar refractivity (Wildman–Crippen MR) is 155 cm³/mol. The minimum Gasteiger partial charge on any atom is -0.550 e. The number of aryl methyl sites for hydroxylation is 1. The summed E-state index contributed by atoms with van der Waals surface area (Å²) in [5.74, 6) is -3.98. The molecule has 18 heteroatoms. The summed E-state index contributed by atoms with van der Waals surface area (Å²) in [5, 5.41) is 88.3. The van der Waals surface area contributed by atoms with E-state index in [2.05, 4.69) is 15.6 Å². The van der Waals surface area contributed by atoms with E-state index in [-0.39, 0.29) is 108 Å². The van der Waals surface area contributed by atoms with Crippen LogP contribution in [-0.4, -0.2) is 141 Å². The first kappa shape index (κ1) is 49.0. The van der Waals surface area contributed by atoms with Crippen LogP contribution in [0.3, 0.4) is 0 Å². The van der Waals surface area contributed by atoms with Crippen LogP contribution >= 0.6 is 12.4 Å². The van der Waals surface area contributed by atoms with Crippen LogP contribution in [0.2, 0.25) is 0 Å². The van der Waals surface area contributed by atoms with E-state index in [0.29, 0.717) is 16.8 Å². The number of carboxylic acid groups (broad SMARTS) is 2. The third-order valence-corrected chi connectivity index (χ3v) is 5.81. The predicted octanol–water partition coefficient (Wildman–Crippen LogP) is -4.63. The normalized spacial score (nSPS) is 11.9. The number of aromatic nitrogens is 1. The second kappa shape index (κ2) is 24.4. The van der Waals surface area contributed by atoms with Crippen LogP contribution in [-0.2, 0) is 32.4 Å². The monoisotopic (exact) mass is 681 g/mol. The van der Waals surface area contributed by atoms with Gasteiger partial charge in [-0.05, 0) is 6.92 Å². The minimum absolute atomic E-state index is 0. The average molecular weight is 682 g/mol. The number of halogens is 1. The van der Waals surface area contributed by atoms with Crippen molar-refractivity contribution in [3.05, 3.63) is 23.0 Å². The van der Waals surface area contributed by atoms with Gasteiger partial charge in [-0.25, -0.2) is 0 Å². The number of hydrogen-bond donors (Lipinski definition) is 9. The molecule has 0 bridgehead atoms. The van der Waals surface area contributed by atoms with E-state index in [1.807, 2.05) is 0 Å². The fourth-order valence-corrected chi connectivity index (χ4v) is 2.65. The molecule has 0 saturated heterocycles. The molecule has 0 aromatic carbocycles. The van der Waals surface area contributed by atoms with Crippen molar-refractivity contribution in [3.63, 3.8) is 0 Å². The van der Waals surface area contributed by atoms with Gasteiger partial charge in [0.1, 0.15) is 18.0 Å². The first-order valence-electron chi connectivity index (χ1n) is 12.7. The molecule has 0 spiro atoms. The molecular formula is C26H44CaClN3O13. The number of amides is 2. The summed E-state index contributed by atoms with van der Waals surface area (Å²) in [7, 11) is 0. The zero-order valence-corrected chi connectivity index (χ0v) is 28.6. The SMILES string of the molecule is CC(C)(CO)[C@@H](O)C(=O)NCCC(=O)[O-].CC(C)(CO)[C@@H](O)C(=O)NCCC(=O)[O-].Cc1ncc(CO)c(CO)c1O.Cl.[Ca+2]. The van der Waals surface area contributed by atoms with Crippen LogP contribution in [0.25, 0.3) is 0 Å². The van der Waals surface area contributed by atoms with E-state index in [1.54, 1.807) is 6.92 Å². The Morgan fingerprint density at radius 2 is 1.18 bits per heavy atom. The molecule has 16 nitrogen and oxygen atoms in total. The van der Waals surface area contributed by atoms with Crippen LogP contribution in [0.1, 0.15) is 57.4 Å². The number of pyridine rings is 1. The molecule has 0 saturated carbocycles. The van der Waals surface area contributed by atoms with Gasteiger partial charge in [0.25, 0.3) is 0 Å². The van der Waals surface area contributed by atoms with E-state index in [0.717, 1.165) is 0 Å². The first-order valence-corrected chi connectivity index (χ1v) is 12.7. The Labute approximate surface area is 291 Å². The summed E-state index contributed by atoms with van der Waals surface area (Å²) in [6, 6.07) is 0. The molecule has 44 heavy (non-hydrogen) atoms. The number of hydrogen-bond acceptors (Lipinski definition) is 14. The number of aliphatic carboxylic acids is 2. The molecule has 1 aromatic heterocycles. The number of aliphatic hydroxyl groups excluding tert-OH is 6. The number of carbonyl (C=O) groups excluding carboxylic acids is 4. The Kier molecular flexibility index (Phi) is 27.2. The Morgan fingerprint density at radius 3 is 1.45 bits per heavy atom. The van der Waals surface area contributed by atoms with Crippen molar-refractivity contribution in [1.29, 1.82) is 0 Å². The van der Waals surface area contributed by atoms with Crippen LogP contribution in [0.5, 0.6) is 5.75 Å². The van der Waals surface area contributed by atoms with Gasteiger partial charge in [0, 0.05) is 66.0 Å². The van der Waals surface area contributed by atoms with Crippen molar-refractivity contribution < 1.29 is 65.1 Å². The summed E-state index contributed by atoms with van der Waals surface area (Å²) >= 11 is 0. The largest absolute Gasteiger partial charge is 2.00 e. The molecule has 0 aliphatic rings. The van der Waals surface area contributed by atoms with Crippen molar-refractivity contribution >= 4 is 73.9 Å². The zero-order chi connectivity index (χ0) is 33.3.